The van der Waals surface area contributed by atoms with Crippen LogP contribution in [-0.4, -0.2) is 17.2 Å². The second-order valence-corrected chi connectivity index (χ2v) is 7.49. The molecule has 3 saturated carbocycles. The van der Waals surface area contributed by atoms with Crippen molar-refractivity contribution < 1.29 is 0 Å². The summed E-state index contributed by atoms with van der Waals surface area (Å²) in [5.41, 5.74) is 0. The van der Waals surface area contributed by atoms with Crippen LogP contribution in [0.3, 0.4) is 0 Å². The van der Waals surface area contributed by atoms with Gasteiger partial charge in [-0.05, 0) is 69.0 Å². The Bertz CT molecular complexity index is 325. The molecule has 19 heavy (non-hydrogen) atoms. The lowest BCUT2D eigenvalue weighted by atomic mass is 9.84. The summed E-state index contributed by atoms with van der Waals surface area (Å²) in [5.74, 6) is 2.87. The molecule has 0 amide bonds. The number of nitrogens with one attached hydrogen (secondary N) is 2. The molecule has 0 saturated heterocycles. The predicted molar refractivity (Wildman–Crippen MR) is 84.1 cm³/mol. The first-order chi connectivity index (χ1) is 9.22. The van der Waals surface area contributed by atoms with E-state index < -0.39 is 0 Å². The van der Waals surface area contributed by atoms with Crippen molar-refractivity contribution in [1.82, 2.24) is 10.6 Å². The van der Waals surface area contributed by atoms with Gasteiger partial charge in [0, 0.05) is 12.1 Å². The largest absolute Gasteiger partial charge is 0.360 e. The molecule has 3 aliphatic carbocycles. The zero-order valence-electron chi connectivity index (χ0n) is 12.2. The molecule has 108 valence electrons. The lowest BCUT2D eigenvalue weighted by molar-refractivity contribution is 0.277. The molecule has 3 fully saturated rings. The molecule has 0 heterocycles. The molecule has 4 atom stereocenters. The highest BCUT2D eigenvalue weighted by Gasteiger charge is 2.41. The van der Waals surface area contributed by atoms with E-state index in [0.29, 0.717) is 12.1 Å². The van der Waals surface area contributed by atoms with Gasteiger partial charge in [0.1, 0.15) is 0 Å². The van der Waals surface area contributed by atoms with Crippen LogP contribution in [0.2, 0.25) is 0 Å². The van der Waals surface area contributed by atoms with E-state index >= 15 is 0 Å². The lowest BCUT2D eigenvalue weighted by Crippen LogP contribution is -2.48. The monoisotopic (exact) mass is 280 g/mol. The Morgan fingerprint density at radius 3 is 2.47 bits per heavy atom. The Kier molecular flexibility index (Phi) is 4.30. The number of hydrogen-bond donors (Lipinski definition) is 2. The van der Waals surface area contributed by atoms with Crippen LogP contribution in [0.4, 0.5) is 0 Å². The summed E-state index contributed by atoms with van der Waals surface area (Å²) in [7, 11) is 0. The first-order valence-corrected chi connectivity index (χ1v) is 8.70. The number of thiocarbonyl (C=S) groups is 1. The van der Waals surface area contributed by atoms with Crippen molar-refractivity contribution in [3.63, 3.8) is 0 Å². The Morgan fingerprint density at radius 1 is 1.05 bits per heavy atom. The van der Waals surface area contributed by atoms with Gasteiger partial charge >= 0.3 is 0 Å². The van der Waals surface area contributed by atoms with E-state index in [4.69, 9.17) is 12.2 Å². The minimum Gasteiger partial charge on any atom is -0.360 e. The molecular formula is C16H28N2S. The van der Waals surface area contributed by atoms with Gasteiger partial charge in [0.2, 0.25) is 0 Å². The van der Waals surface area contributed by atoms with Crippen molar-refractivity contribution in [2.75, 3.05) is 0 Å². The Hall–Kier alpha value is -0.310. The van der Waals surface area contributed by atoms with E-state index in [9.17, 15) is 0 Å². The zero-order valence-corrected chi connectivity index (χ0v) is 13.0. The highest BCUT2D eigenvalue weighted by Crippen LogP contribution is 2.49. The lowest BCUT2D eigenvalue weighted by Gasteiger charge is -2.31. The average molecular weight is 280 g/mol. The van der Waals surface area contributed by atoms with Gasteiger partial charge in [-0.25, -0.2) is 0 Å². The minimum atomic E-state index is 0.555. The summed E-state index contributed by atoms with van der Waals surface area (Å²) in [6.07, 6.45) is 12.6. The number of hydrogen-bond acceptors (Lipinski definition) is 1. The second-order valence-electron chi connectivity index (χ2n) is 7.08. The molecule has 2 nitrogen and oxygen atoms in total. The zero-order chi connectivity index (χ0) is 13.2. The van der Waals surface area contributed by atoms with Crippen LogP contribution in [0.25, 0.3) is 0 Å². The van der Waals surface area contributed by atoms with E-state index in [1.165, 1.54) is 57.8 Å². The maximum atomic E-state index is 5.51. The van der Waals surface area contributed by atoms with Crippen molar-refractivity contribution in [1.29, 1.82) is 0 Å². The van der Waals surface area contributed by atoms with E-state index in [-0.39, 0.29) is 0 Å². The molecule has 4 unspecified atom stereocenters. The first kappa shape index (κ1) is 13.7. The molecule has 3 heteroatoms. The fourth-order valence-electron chi connectivity index (χ4n) is 4.69. The molecule has 0 aromatic carbocycles. The number of rotatable bonds is 3. The molecule has 2 N–H and O–H groups in total. The molecular weight excluding hydrogens is 252 g/mol. The maximum absolute atomic E-state index is 5.51. The van der Waals surface area contributed by atoms with Gasteiger partial charge in [-0.15, -0.1) is 0 Å². The SMILES string of the molecule is CC(NC(=S)NC1CCCCC1)C1CC2CCC1C2. The second kappa shape index (κ2) is 5.99. The summed E-state index contributed by atoms with van der Waals surface area (Å²) >= 11 is 5.51. The smallest absolute Gasteiger partial charge is 0.166 e. The fourth-order valence-corrected chi connectivity index (χ4v) is 5.05. The molecule has 0 aliphatic heterocycles. The first-order valence-electron chi connectivity index (χ1n) is 8.29. The third-order valence-electron chi connectivity index (χ3n) is 5.73. The topological polar surface area (TPSA) is 24.1 Å². The summed E-state index contributed by atoms with van der Waals surface area (Å²) in [6, 6.07) is 1.18. The summed E-state index contributed by atoms with van der Waals surface area (Å²) in [5, 5.41) is 8.02. The van der Waals surface area contributed by atoms with Gasteiger partial charge in [0.25, 0.3) is 0 Å². The van der Waals surface area contributed by atoms with E-state index in [1.807, 2.05) is 0 Å². The van der Waals surface area contributed by atoms with Gasteiger partial charge in [0.05, 0.1) is 0 Å². The molecule has 0 aromatic rings. The van der Waals surface area contributed by atoms with Crippen LogP contribution in [0, 0.1) is 17.8 Å². The molecule has 2 bridgehead atoms. The number of fused-ring (bicyclic) bond motifs is 2. The molecule has 0 spiro atoms. The van der Waals surface area contributed by atoms with Gasteiger partial charge in [-0.3, -0.25) is 0 Å². The van der Waals surface area contributed by atoms with Crippen LogP contribution in [0.5, 0.6) is 0 Å². The standard InChI is InChI=1S/C16H28N2S/c1-11(15-10-12-7-8-13(15)9-12)17-16(19)18-14-5-3-2-4-6-14/h11-15H,2-10H2,1H3,(H2,17,18,19). The Labute approximate surface area is 123 Å². The van der Waals surface area contributed by atoms with Crippen LogP contribution in [-0.2, 0) is 0 Å². The Morgan fingerprint density at radius 2 is 1.84 bits per heavy atom. The third kappa shape index (κ3) is 3.24. The molecule has 0 radical (unpaired) electrons. The fraction of sp³-hybridized carbons (Fsp3) is 0.938. The maximum Gasteiger partial charge on any atom is 0.166 e. The van der Waals surface area contributed by atoms with E-state index in [0.717, 1.165) is 22.9 Å². The quantitative estimate of drug-likeness (QED) is 0.772. The molecule has 0 aromatic heterocycles. The van der Waals surface area contributed by atoms with Gasteiger partial charge in [0.15, 0.2) is 5.11 Å². The minimum absolute atomic E-state index is 0.555. The van der Waals surface area contributed by atoms with E-state index in [2.05, 4.69) is 17.6 Å². The van der Waals surface area contributed by atoms with Gasteiger partial charge in [-0.2, -0.15) is 0 Å². The van der Waals surface area contributed by atoms with Crippen molar-refractivity contribution >= 4 is 17.3 Å². The molecule has 3 rings (SSSR count). The normalized spacial score (nSPS) is 36.2. The van der Waals surface area contributed by atoms with Crippen molar-refractivity contribution in [2.24, 2.45) is 17.8 Å². The van der Waals surface area contributed by atoms with Crippen molar-refractivity contribution in [3.05, 3.63) is 0 Å². The van der Waals surface area contributed by atoms with Gasteiger partial charge in [-0.1, -0.05) is 25.7 Å². The Balaban J connectivity index is 1.43. The van der Waals surface area contributed by atoms with Crippen molar-refractivity contribution in [2.45, 2.75) is 76.8 Å². The summed E-state index contributed by atoms with van der Waals surface area (Å²) in [6.45, 7) is 2.33. The van der Waals surface area contributed by atoms with E-state index in [1.54, 1.807) is 0 Å². The van der Waals surface area contributed by atoms with Crippen LogP contribution in [0.1, 0.15) is 64.7 Å². The van der Waals surface area contributed by atoms with Crippen LogP contribution >= 0.6 is 12.2 Å². The third-order valence-corrected chi connectivity index (χ3v) is 5.97. The van der Waals surface area contributed by atoms with Gasteiger partial charge < -0.3 is 10.6 Å². The molecule has 3 aliphatic rings. The van der Waals surface area contributed by atoms with Crippen molar-refractivity contribution in [3.8, 4) is 0 Å². The summed E-state index contributed by atoms with van der Waals surface area (Å²) in [4.78, 5) is 0. The highest BCUT2D eigenvalue weighted by atomic mass is 32.1. The predicted octanol–water partition coefficient (Wildman–Crippen LogP) is 3.61. The average Bonchev–Trinajstić information content (AvgIpc) is 3.02. The van der Waals surface area contributed by atoms with Crippen LogP contribution < -0.4 is 10.6 Å². The summed E-state index contributed by atoms with van der Waals surface area (Å²) < 4.78 is 0. The van der Waals surface area contributed by atoms with Crippen LogP contribution in [0.15, 0.2) is 0 Å². The highest BCUT2D eigenvalue weighted by molar-refractivity contribution is 7.80.